The van der Waals surface area contributed by atoms with Gasteiger partial charge in [-0.25, -0.2) is 14.7 Å². The lowest BCUT2D eigenvalue weighted by Gasteiger charge is -2.20. The summed E-state index contributed by atoms with van der Waals surface area (Å²) >= 11 is 0. The van der Waals surface area contributed by atoms with Gasteiger partial charge in [-0.3, -0.25) is 9.59 Å². The van der Waals surface area contributed by atoms with Crippen molar-refractivity contribution >= 4 is 11.8 Å². The van der Waals surface area contributed by atoms with Crippen molar-refractivity contribution in [1.29, 1.82) is 0 Å². The summed E-state index contributed by atoms with van der Waals surface area (Å²) in [5.41, 5.74) is 0. The van der Waals surface area contributed by atoms with E-state index in [2.05, 4.69) is 4.98 Å². The summed E-state index contributed by atoms with van der Waals surface area (Å²) in [7, 11) is 2.60. The van der Waals surface area contributed by atoms with Crippen molar-refractivity contribution in [3.63, 3.8) is 0 Å². The summed E-state index contributed by atoms with van der Waals surface area (Å²) in [6, 6.07) is 2.88. The zero-order valence-corrected chi connectivity index (χ0v) is 12.9. The van der Waals surface area contributed by atoms with Gasteiger partial charge in [-0.05, 0) is 10.5 Å². The molecule has 9 heteroatoms. The smallest absolute Gasteiger partial charge is 0.284 e. The third-order valence-electron chi connectivity index (χ3n) is 2.41. The Balaban J connectivity index is 2.81. The second-order valence-corrected chi connectivity index (χ2v) is 3.89. The van der Waals surface area contributed by atoms with Crippen molar-refractivity contribution < 1.29 is 28.9 Å². The molecule has 2 amide bonds. The molecule has 0 unspecified atom stereocenters. The van der Waals surface area contributed by atoms with Crippen LogP contribution in [-0.2, 0) is 19.3 Å². The zero-order chi connectivity index (χ0) is 16.5. The first-order valence-electron chi connectivity index (χ1n) is 6.61. The molecule has 22 heavy (non-hydrogen) atoms. The fourth-order valence-corrected chi connectivity index (χ4v) is 1.32. The largest absolute Gasteiger partial charge is 0.351 e. The number of hydrogen-bond acceptors (Lipinski definition) is 7. The van der Waals surface area contributed by atoms with Crippen molar-refractivity contribution in [3.05, 3.63) is 18.3 Å². The molecule has 122 valence electrons. The van der Waals surface area contributed by atoms with E-state index in [-0.39, 0.29) is 36.3 Å². The van der Waals surface area contributed by atoms with Gasteiger partial charge in [-0.15, -0.1) is 0 Å². The van der Waals surface area contributed by atoms with Crippen LogP contribution in [-0.4, -0.2) is 41.5 Å². The number of amides is 2. The Morgan fingerprint density at radius 3 is 2.09 bits per heavy atom. The van der Waals surface area contributed by atoms with Crippen molar-refractivity contribution in [1.82, 2.24) is 15.4 Å². The summed E-state index contributed by atoms with van der Waals surface area (Å²) in [4.78, 5) is 47.0. The maximum absolute atomic E-state index is 11.5. The summed E-state index contributed by atoms with van der Waals surface area (Å²) in [5.74, 6) is -0.438. The van der Waals surface area contributed by atoms with E-state index in [1.165, 1.54) is 32.5 Å². The molecule has 0 saturated heterocycles. The first kappa shape index (κ1) is 17.7. The second kappa shape index (κ2) is 8.80. The molecule has 0 aliphatic carbocycles. The lowest BCUT2D eigenvalue weighted by atomic mass is 10.4. The van der Waals surface area contributed by atoms with Gasteiger partial charge in [0.05, 0.1) is 14.2 Å². The van der Waals surface area contributed by atoms with Gasteiger partial charge in [0.15, 0.2) is 5.75 Å². The molecule has 0 aliphatic heterocycles. The Labute approximate surface area is 128 Å². The zero-order valence-electron chi connectivity index (χ0n) is 12.9. The molecule has 0 saturated carbocycles. The maximum atomic E-state index is 11.5. The van der Waals surface area contributed by atoms with Crippen LogP contribution in [0.25, 0.3) is 0 Å². The minimum atomic E-state index is -0.379. The third kappa shape index (κ3) is 4.86. The van der Waals surface area contributed by atoms with Gasteiger partial charge in [0.25, 0.3) is 17.7 Å². The summed E-state index contributed by atoms with van der Waals surface area (Å²) in [6.07, 6.45) is 1.80. The maximum Gasteiger partial charge on any atom is 0.284 e. The first-order chi connectivity index (χ1) is 10.5. The Kier molecular flexibility index (Phi) is 7.06. The van der Waals surface area contributed by atoms with Crippen LogP contribution in [0.1, 0.15) is 26.7 Å². The Morgan fingerprint density at radius 1 is 1.05 bits per heavy atom. The molecule has 0 aliphatic rings. The van der Waals surface area contributed by atoms with Crippen molar-refractivity contribution in [2.75, 3.05) is 14.2 Å². The molecule has 0 spiro atoms. The average molecular weight is 313 g/mol. The first-order valence-corrected chi connectivity index (χ1v) is 6.61. The van der Waals surface area contributed by atoms with E-state index in [0.29, 0.717) is 5.23 Å². The predicted molar refractivity (Wildman–Crippen MR) is 73.8 cm³/mol. The van der Waals surface area contributed by atoms with Crippen LogP contribution in [0.5, 0.6) is 11.6 Å². The number of carbonyl (C=O) groups is 2. The average Bonchev–Trinajstić information content (AvgIpc) is 2.56. The van der Waals surface area contributed by atoms with Crippen molar-refractivity contribution in [2.24, 2.45) is 0 Å². The molecule has 0 radical (unpaired) electrons. The molecule has 1 heterocycles. The number of carbonyl (C=O) groups excluding carboxylic acids is 2. The van der Waals surface area contributed by atoms with E-state index >= 15 is 0 Å². The fourth-order valence-electron chi connectivity index (χ4n) is 1.32. The Hall–Kier alpha value is -2.39. The van der Waals surface area contributed by atoms with E-state index in [1.54, 1.807) is 13.8 Å². The van der Waals surface area contributed by atoms with Crippen LogP contribution in [0.2, 0.25) is 0 Å². The number of nitrogens with zero attached hydrogens (tertiary/aromatic N) is 3. The van der Waals surface area contributed by atoms with Gasteiger partial charge in [-0.1, -0.05) is 13.8 Å². The van der Waals surface area contributed by atoms with Crippen LogP contribution in [0.15, 0.2) is 18.3 Å². The van der Waals surface area contributed by atoms with Crippen molar-refractivity contribution in [2.45, 2.75) is 26.7 Å². The Bertz CT molecular complexity index is 469. The highest BCUT2D eigenvalue weighted by Crippen LogP contribution is 2.19. The lowest BCUT2D eigenvalue weighted by molar-refractivity contribution is -0.285. The van der Waals surface area contributed by atoms with Crippen LogP contribution in [0, 0.1) is 0 Å². The molecule has 0 fully saturated rings. The van der Waals surface area contributed by atoms with Gasteiger partial charge in [-0.2, -0.15) is 0 Å². The molecule has 9 nitrogen and oxygen atoms in total. The monoisotopic (exact) mass is 313 g/mol. The molecule has 1 aromatic rings. The van der Waals surface area contributed by atoms with Crippen LogP contribution >= 0.6 is 0 Å². The molecule has 0 aromatic carbocycles. The minimum Gasteiger partial charge on any atom is -0.351 e. The van der Waals surface area contributed by atoms with Gasteiger partial charge in [0, 0.05) is 31.2 Å². The van der Waals surface area contributed by atoms with E-state index in [9.17, 15) is 9.59 Å². The third-order valence-corrected chi connectivity index (χ3v) is 2.41. The number of hydroxylamine groups is 4. The van der Waals surface area contributed by atoms with Gasteiger partial charge < -0.3 is 9.68 Å². The standard InChI is InChI=1S/C13H19N3O6/c1-5-12(17)15(19-3)21-10-7-8-14-11(9-10)22-16(20-4)13(18)6-2/h7-9H,5-6H2,1-4H3. The van der Waals surface area contributed by atoms with E-state index < -0.39 is 0 Å². The highest BCUT2D eigenvalue weighted by molar-refractivity contribution is 5.74. The van der Waals surface area contributed by atoms with E-state index in [4.69, 9.17) is 19.4 Å². The molecular weight excluding hydrogens is 294 g/mol. The predicted octanol–water partition coefficient (Wildman–Crippen LogP) is 1.27. The van der Waals surface area contributed by atoms with E-state index in [1.807, 2.05) is 0 Å². The number of aromatic nitrogens is 1. The number of pyridine rings is 1. The SMILES string of the molecule is CCC(=O)N(OC)Oc1ccnc(ON(OC)C(=O)CC)c1. The van der Waals surface area contributed by atoms with Crippen LogP contribution in [0.3, 0.4) is 0 Å². The number of hydrogen-bond donors (Lipinski definition) is 0. The second-order valence-electron chi connectivity index (χ2n) is 3.89. The normalized spacial score (nSPS) is 10.0. The quantitative estimate of drug-likeness (QED) is 0.667. The lowest BCUT2D eigenvalue weighted by Crippen LogP contribution is -2.33. The fraction of sp³-hybridized carbons (Fsp3) is 0.462. The van der Waals surface area contributed by atoms with Crippen LogP contribution < -0.4 is 9.68 Å². The van der Waals surface area contributed by atoms with Gasteiger partial charge in [0.1, 0.15) is 0 Å². The summed E-state index contributed by atoms with van der Waals surface area (Å²) in [6.45, 7) is 3.34. The molecule has 1 rings (SSSR count). The van der Waals surface area contributed by atoms with Gasteiger partial charge in [0.2, 0.25) is 0 Å². The molecule has 0 N–H and O–H groups in total. The molecule has 0 atom stereocenters. The number of rotatable bonds is 8. The highest BCUT2D eigenvalue weighted by Gasteiger charge is 2.17. The Morgan fingerprint density at radius 2 is 1.59 bits per heavy atom. The van der Waals surface area contributed by atoms with E-state index in [0.717, 1.165) is 5.23 Å². The molecule has 1 aromatic heterocycles. The minimum absolute atomic E-state index is 0.0566. The highest BCUT2D eigenvalue weighted by atomic mass is 17.0. The molecule has 0 bridgehead atoms. The summed E-state index contributed by atoms with van der Waals surface area (Å²) < 4.78 is 0. The van der Waals surface area contributed by atoms with Crippen molar-refractivity contribution in [3.8, 4) is 11.6 Å². The molecular formula is C13H19N3O6. The topological polar surface area (TPSA) is 90.4 Å². The van der Waals surface area contributed by atoms with Crippen LogP contribution in [0.4, 0.5) is 0 Å². The van der Waals surface area contributed by atoms with Gasteiger partial charge >= 0.3 is 0 Å². The summed E-state index contributed by atoms with van der Waals surface area (Å²) in [5, 5.41) is 1.45.